The van der Waals surface area contributed by atoms with Crippen LogP contribution in [-0.4, -0.2) is 39.6 Å². The van der Waals surface area contributed by atoms with Crippen molar-refractivity contribution in [3.63, 3.8) is 0 Å². The van der Waals surface area contributed by atoms with Gasteiger partial charge < -0.3 is 10.2 Å². The first-order valence-corrected chi connectivity index (χ1v) is 9.91. The van der Waals surface area contributed by atoms with Crippen LogP contribution in [0.3, 0.4) is 0 Å². The zero-order valence-corrected chi connectivity index (χ0v) is 17.0. The number of fused-ring (bicyclic) bond motifs is 1. The van der Waals surface area contributed by atoms with Gasteiger partial charge in [0.15, 0.2) is 5.69 Å². The number of carbonyl (C=O) groups is 2. The number of hydrogen-bond donors (Lipinski definition) is 1. The van der Waals surface area contributed by atoms with Crippen LogP contribution in [0.15, 0.2) is 54.7 Å². The Kier molecular flexibility index (Phi) is 5.56. The summed E-state index contributed by atoms with van der Waals surface area (Å²) in [7, 11) is 0. The molecule has 8 heteroatoms. The van der Waals surface area contributed by atoms with E-state index in [4.69, 9.17) is 23.2 Å². The second kappa shape index (κ2) is 8.27. The number of nitrogens with zero attached hydrogens (tertiary/aromatic N) is 3. The molecule has 0 atom stereocenters. The van der Waals surface area contributed by atoms with E-state index < -0.39 is 5.91 Å². The third kappa shape index (κ3) is 4.28. The van der Waals surface area contributed by atoms with Crippen LogP contribution >= 0.6 is 23.2 Å². The van der Waals surface area contributed by atoms with Crippen LogP contribution in [0.25, 0.3) is 5.69 Å². The number of benzene rings is 2. The van der Waals surface area contributed by atoms with Crippen molar-refractivity contribution >= 4 is 35.0 Å². The van der Waals surface area contributed by atoms with Crippen molar-refractivity contribution in [3.05, 3.63) is 81.6 Å². The molecule has 4 rings (SSSR count). The molecule has 2 amide bonds. The summed E-state index contributed by atoms with van der Waals surface area (Å²) in [5, 5.41) is 7.75. The number of aromatic nitrogens is 2. The molecule has 6 nitrogen and oxygen atoms in total. The summed E-state index contributed by atoms with van der Waals surface area (Å²) in [5.74, 6) is -0.522. The lowest BCUT2D eigenvalue weighted by molar-refractivity contribution is -0.131. The topological polar surface area (TPSA) is 67.2 Å². The Labute approximate surface area is 178 Å². The van der Waals surface area contributed by atoms with Gasteiger partial charge in [-0.2, -0.15) is 5.10 Å². The van der Waals surface area contributed by atoms with E-state index in [2.05, 4.69) is 16.5 Å². The zero-order valence-electron chi connectivity index (χ0n) is 15.4. The van der Waals surface area contributed by atoms with Crippen LogP contribution in [0.2, 0.25) is 10.0 Å². The summed E-state index contributed by atoms with van der Waals surface area (Å²) in [4.78, 5) is 26.7. The van der Waals surface area contributed by atoms with Gasteiger partial charge in [-0.25, -0.2) is 4.68 Å². The van der Waals surface area contributed by atoms with Crippen molar-refractivity contribution in [2.75, 3.05) is 13.1 Å². The van der Waals surface area contributed by atoms with Crippen LogP contribution in [0.4, 0.5) is 0 Å². The highest BCUT2D eigenvalue weighted by atomic mass is 35.5. The molecule has 3 aromatic rings. The second-order valence-corrected chi connectivity index (χ2v) is 7.58. The van der Waals surface area contributed by atoms with Gasteiger partial charge in [0.1, 0.15) is 0 Å². The van der Waals surface area contributed by atoms with E-state index in [9.17, 15) is 9.59 Å². The summed E-state index contributed by atoms with van der Waals surface area (Å²) < 4.78 is 1.53. The Bertz CT molecular complexity index is 1080. The minimum absolute atomic E-state index is 0.0688. The SMILES string of the molecule is O=C(NCC(=O)N1CCc2ccccc2C1)c1ccn(-c2ccc(Cl)c(Cl)c2)n1. The second-order valence-electron chi connectivity index (χ2n) is 6.76. The molecular formula is C21H18Cl2N4O2. The minimum atomic E-state index is -0.408. The van der Waals surface area contributed by atoms with Crippen molar-refractivity contribution in [3.8, 4) is 5.69 Å². The van der Waals surface area contributed by atoms with Crippen LogP contribution < -0.4 is 5.32 Å². The van der Waals surface area contributed by atoms with Gasteiger partial charge in [-0.05, 0) is 41.8 Å². The number of rotatable bonds is 4. The van der Waals surface area contributed by atoms with Crippen LogP contribution in [0.1, 0.15) is 21.6 Å². The molecule has 0 saturated carbocycles. The van der Waals surface area contributed by atoms with Crippen molar-refractivity contribution in [1.82, 2.24) is 20.0 Å². The van der Waals surface area contributed by atoms with Gasteiger partial charge in [0.05, 0.1) is 22.3 Å². The van der Waals surface area contributed by atoms with Crippen LogP contribution in [0.5, 0.6) is 0 Å². The fourth-order valence-electron chi connectivity index (χ4n) is 3.28. The Morgan fingerprint density at radius 1 is 1.03 bits per heavy atom. The summed E-state index contributed by atoms with van der Waals surface area (Å²) in [6.07, 6.45) is 2.47. The summed E-state index contributed by atoms with van der Waals surface area (Å²) in [5.41, 5.74) is 3.32. The van der Waals surface area contributed by atoms with Gasteiger partial charge in [-0.3, -0.25) is 9.59 Å². The van der Waals surface area contributed by atoms with Gasteiger partial charge in [0.2, 0.25) is 5.91 Å². The third-order valence-electron chi connectivity index (χ3n) is 4.87. The average molecular weight is 429 g/mol. The van der Waals surface area contributed by atoms with Crippen LogP contribution in [-0.2, 0) is 17.8 Å². The van der Waals surface area contributed by atoms with E-state index in [-0.39, 0.29) is 18.1 Å². The molecule has 1 N–H and O–H groups in total. The van der Waals surface area contributed by atoms with Crippen molar-refractivity contribution < 1.29 is 9.59 Å². The molecule has 1 aliphatic heterocycles. The molecule has 1 aliphatic rings. The van der Waals surface area contributed by atoms with Gasteiger partial charge in [-0.15, -0.1) is 0 Å². The van der Waals surface area contributed by atoms with E-state index in [1.165, 1.54) is 10.2 Å². The van der Waals surface area contributed by atoms with Gasteiger partial charge in [0.25, 0.3) is 5.91 Å². The Morgan fingerprint density at radius 3 is 2.62 bits per heavy atom. The summed E-state index contributed by atoms with van der Waals surface area (Å²) >= 11 is 12.0. The predicted octanol–water partition coefficient (Wildman–Crippen LogP) is 3.49. The summed E-state index contributed by atoms with van der Waals surface area (Å²) in [6, 6.07) is 14.8. The van der Waals surface area contributed by atoms with Crippen molar-refractivity contribution in [1.29, 1.82) is 0 Å². The highest BCUT2D eigenvalue weighted by Gasteiger charge is 2.21. The molecule has 0 saturated heterocycles. The van der Waals surface area contributed by atoms with Crippen molar-refractivity contribution in [2.45, 2.75) is 13.0 Å². The number of hydrogen-bond acceptors (Lipinski definition) is 3. The van der Waals surface area contributed by atoms with Gasteiger partial charge >= 0.3 is 0 Å². The first kappa shape index (κ1) is 19.5. The lowest BCUT2D eigenvalue weighted by Gasteiger charge is -2.28. The Balaban J connectivity index is 1.36. The molecule has 2 aromatic carbocycles. The Hall–Kier alpha value is -2.83. The standard InChI is InChI=1S/C21H18Cl2N4O2/c22-17-6-5-16(11-18(17)23)27-10-8-19(25-27)21(29)24-12-20(28)26-9-7-14-3-1-2-4-15(14)13-26/h1-6,8,10-11H,7,9,12-13H2,(H,24,29). The lowest BCUT2D eigenvalue weighted by Crippen LogP contribution is -2.42. The number of nitrogens with one attached hydrogen (secondary N) is 1. The maximum Gasteiger partial charge on any atom is 0.272 e. The fraction of sp³-hybridized carbons (Fsp3) is 0.190. The first-order chi connectivity index (χ1) is 14.0. The fourth-order valence-corrected chi connectivity index (χ4v) is 3.58. The molecule has 0 bridgehead atoms. The predicted molar refractivity (Wildman–Crippen MR) is 111 cm³/mol. The first-order valence-electron chi connectivity index (χ1n) is 9.15. The smallest absolute Gasteiger partial charge is 0.272 e. The molecule has 0 fully saturated rings. The largest absolute Gasteiger partial charge is 0.342 e. The van der Waals surface area contributed by atoms with Crippen LogP contribution in [0, 0.1) is 0 Å². The van der Waals surface area contributed by atoms with Gasteiger partial charge in [0, 0.05) is 19.3 Å². The molecule has 1 aromatic heterocycles. The number of amides is 2. The van der Waals surface area contributed by atoms with E-state index in [1.54, 1.807) is 35.4 Å². The molecule has 0 radical (unpaired) electrons. The summed E-state index contributed by atoms with van der Waals surface area (Å²) in [6.45, 7) is 1.15. The maximum absolute atomic E-state index is 12.5. The lowest BCUT2D eigenvalue weighted by atomic mass is 10.00. The minimum Gasteiger partial charge on any atom is -0.342 e. The maximum atomic E-state index is 12.5. The average Bonchev–Trinajstić information content (AvgIpc) is 3.23. The molecule has 148 valence electrons. The molecule has 0 spiro atoms. The molecule has 2 heterocycles. The zero-order chi connectivity index (χ0) is 20.4. The Morgan fingerprint density at radius 2 is 1.83 bits per heavy atom. The molecule has 29 heavy (non-hydrogen) atoms. The quantitative estimate of drug-likeness (QED) is 0.691. The molecular weight excluding hydrogens is 411 g/mol. The molecule has 0 unspecified atom stereocenters. The van der Waals surface area contributed by atoms with E-state index in [1.807, 2.05) is 18.2 Å². The third-order valence-corrected chi connectivity index (χ3v) is 5.61. The number of halogens is 2. The van der Waals surface area contributed by atoms with E-state index in [0.29, 0.717) is 28.8 Å². The van der Waals surface area contributed by atoms with E-state index >= 15 is 0 Å². The monoisotopic (exact) mass is 428 g/mol. The number of carbonyl (C=O) groups excluding carboxylic acids is 2. The highest BCUT2D eigenvalue weighted by Crippen LogP contribution is 2.24. The van der Waals surface area contributed by atoms with E-state index in [0.717, 1.165) is 12.0 Å². The van der Waals surface area contributed by atoms with Crippen molar-refractivity contribution in [2.24, 2.45) is 0 Å². The normalized spacial score (nSPS) is 13.1. The molecule has 0 aliphatic carbocycles. The van der Waals surface area contributed by atoms with Gasteiger partial charge in [-0.1, -0.05) is 47.5 Å². The highest BCUT2D eigenvalue weighted by molar-refractivity contribution is 6.42.